The van der Waals surface area contributed by atoms with Crippen LogP contribution in [-0.2, 0) is 4.74 Å². The van der Waals surface area contributed by atoms with Gasteiger partial charge in [-0.3, -0.25) is 4.79 Å². The Bertz CT molecular complexity index is 1430. The number of thiazole rings is 1. The summed E-state index contributed by atoms with van der Waals surface area (Å²) in [5.74, 6) is 0.629. The van der Waals surface area contributed by atoms with Gasteiger partial charge in [0.1, 0.15) is 22.4 Å². The van der Waals surface area contributed by atoms with E-state index in [4.69, 9.17) is 20.2 Å². The Morgan fingerprint density at radius 2 is 1.97 bits per heavy atom. The number of anilines is 3. The van der Waals surface area contributed by atoms with Crippen molar-refractivity contribution in [1.82, 2.24) is 20.3 Å². The lowest BCUT2D eigenvalue weighted by Gasteiger charge is -2.29. The van der Waals surface area contributed by atoms with Crippen molar-refractivity contribution in [2.75, 3.05) is 49.6 Å². The summed E-state index contributed by atoms with van der Waals surface area (Å²) >= 11 is 1.58. The van der Waals surface area contributed by atoms with Gasteiger partial charge in [-0.1, -0.05) is 0 Å². The largest absolute Gasteiger partial charge is 0.488 e. The summed E-state index contributed by atoms with van der Waals surface area (Å²) in [6.07, 6.45) is 5.57. The first-order valence-corrected chi connectivity index (χ1v) is 13.6. The number of carbonyl (C=O) groups excluding carboxylic acids is 1. The average Bonchev–Trinajstić information content (AvgIpc) is 3.49. The topological polar surface area (TPSA) is 128 Å². The number of amides is 1. The van der Waals surface area contributed by atoms with E-state index in [1.54, 1.807) is 29.8 Å². The molecule has 0 saturated carbocycles. The van der Waals surface area contributed by atoms with Crippen LogP contribution in [0.2, 0.25) is 0 Å². The van der Waals surface area contributed by atoms with Gasteiger partial charge < -0.3 is 30.7 Å². The van der Waals surface area contributed by atoms with Crippen molar-refractivity contribution in [3.8, 4) is 16.3 Å². The molecule has 1 amide bonds. The lowest BCUT2D eigenvalue weighted by Crippen LogP contribution is -2.36. The predicted molar refractivity (Wildman–Crippen MR) is 148 cm³/mol. The maximum atomic E-state index is 12.1. The molecule has 4 N–H and O–H groups in total. The lowest BCUT2D eigenvalue weighted by molar-refractivity contribution is 0.1000. The third-order valence-corrected chi connectivity index (χ3v) is 7.56. The number of nitrogens with one attached hydrogen (secondary N) is 2. The first kappa shape index (κ1) is 24.5. The third-order valence-electron chi connectivity index (χ3n) is 6.74. The molecule has 2 fully saturated rings. The van der Waals surface area contributed by atoms with E-state index in [0.29, 0.717) is 36.2 Å². The molecule has 11 heteroatoms. The van der Waals surface area contributed by atoms with Crippen LogP contribution in [0.1, 0.15) is 23.2 Å². The molecule has 38 heavy (non-hydrogen) atoms. The molecule has 4 aromatic rings. The fourth-order valence-electron chi connectivity index (χ4n) is 4.80. The molecular formula is C27H29N7O3S. The van der Waals surface area contributed by atoms with Gasteiger partial charge >= 0.3 is 0 Å². The second-order valence-corrected chi connectivity index (χ2v) is 10.3. The first-order valence-electron chi connectivity index (χ1n) is 12.7. The second-order valence-electron chi connectivity index (χ2n) is 9.37. The van der Waals surface area contributed by atoms with Crippen molar-refractivity contribution in [2.24, 2.45) is 5.73 Å². The molecule has 6 rings (SSSR count). The molecule has 0 aliphatic carbocycles. The molecule has 4 heterocycles. The summed E-state index contributed by atoms with van der Waals surface area (Å²) in [7, 11) is 0. The summed E-state index contributed by atoms with van der Waals surface area (Å²) in [5.41, 5.74) is 9.34. The number of hydrogen-bond donors (Lipinski definition) is 3. The number of rotatable bonds is 7. The Kier molecular flexibility index (Phi) is 7.04. The summed E-state index contributed by atoms with van der Waals surface area (Å²) in [4.78, 5) is 28.1. The van der Waals surface area contributed by atoms with Gasteiger partial charge in [0.2, 0.25) is 11.9 Å². The molecule has 2 aromatic heterocycles. The molecule has 2 aliphatic heterocycles. The number of nitrogens with zero attached hydrogens (tertiary/aromatic N) is 4. The number of carbonyl (C=O) groups is 1. The van der Waals surface area contributed by atoms with E-state index in [2.05, 4.69) is 25.5 Å². The van der Waals surface area contributed by atoms with Crippen LogP contribution in [-0.4, -0.2) is 66.4 Å². The molecule has 0 spiro atoms. The van der Waals surface area contributed by atoms with E-state index in [9.17, 15) is 4.79 Å². The summed E-state index contributed by atoms with van der Waals surface area (Å²) in [6, 6.07) is 9.56. The van der Waals surface area contributed by atoms with E-state index >= 15 is 0 Å². The Labute approximate surface area is 224 Å². The van der Waals surface area contributed by atoms with Crippen LogP contribution in [0.5, 0.6) is 5.75 Å². The van der Waals surface area contributed by atoms with Crippen molar-refractivity contribution in [3.63, 3.8) is 0 Å². The van der Waals surface area contributed by atoms with Gasteiger partial charge in [-0.2, -0.15) is 0 Å². The lowest BCUT2D eigenvalue weighted by atomic mass is 10.1. The van der Waals surface area contributed by atoms with Gasteiger partial charge in [0.05, 0.1) is 13.2 Å². The van der Waals surface area contributed by atoms with Gasteiger partial charge in [0, 0.05) is 58.8 Å². The minimum atomic E-state index is -0.491. The Morgan fingerprint density at radius 3 is 2.74 bits per heavy atom. The monoisotopic (exact) mass is 531 g/mol. The Hall–Kier alpha value is -3.80. The highest BCUT2D eigenvalue weighted by atomic mass is 32.1. The maximum absolute atomic E-state index is 12.1. The van der Waals surface area contributed by atoms with E-state index < -0.39 is 5.91 Å². The summed E-state index contributed by atoms with van der Waals surface area (Å²) in [6.45, 7) is 4.62. The highest BCUT2D eigenvalue weighted by molar-refractivity contribution is 7.13. The number of fused-ring (bicyclic) bond motifs is 1. The van der Waals surface area contributed by atoms with Gasteiger partial charge in [0.25, 0.3) is 0 Å². The maximum Gasteiger partial charge on any atom is 0.248 e. The number of ether oxygens (including phenoxy) is 2. The van der Waals surface area contributed by atoms with Crippen molar-refractivity contribution in [2.45, 2.75) is 18.9 Å². The van der Waals surface area contributed by atoms with Crippen molar-refractivity contribution in [3.05, 3.63) is 53.7 Å². The quantitative estimate of drug-likeness (QED) is 0.328. The van der Waals surface area contributed by atoms with E-state index in [-0.39, 0.29) is 6.10 Å². The average molecular weight is 532 g/mol. The molecule has 0 radical (unpaired) electrons. The fourth-order valence-corrected chi connectivity index (χ4v) is 5.43. The van der Waals surface area contributed by atoms with Crippen LogP contribution in [0, 0.1) is 0 Å². The van der Waals surface area contributed by atoms with Crippen LogP contribution >= 0.6 is 11.3 Å². The number of primary amides is 1. The molecule has 2 aromatic carbocycles. The zero-order chi connectivity index (χ0) is 25.9. The minimum absolute atomic E-state index is 0.112. The molecule has 0 bridgehead atoms. The zero-order valence-corrected chi connectivity index (χ0v) is 21.7. The van der Waals surface area contributed by atoms with Crippen LogP contribution in [0.15, 0.2) is 48.1 Å². The van der Waals surface area contributed by atoms with Crippen molar-refractivity contribution >= 4 is 45.5 Å². The molecular weight excluding hydrogens is 502 g/mol. The molecule has 0 unspecified atom stereocenters. The summed E-state index contributed by atoms with van der Waals surface area (Å²) < 4.78 is 12.0. The Balaban J connectivity index is 1.36. The molecule has 0 atom stereocenters. The number of nitrogens with two attached hydrogens (primary N) is 1. The summed E-state index contributed by atoms with van der Waals surface area (Å²) in [5, 5.41) is 10.4. The van der Waals surface area contributed by atoms with Crippen LogP contribution in [0.3, 0.4) is 0 Å². The van der Waals surface area contributed by atoms with Crippen molar-refractivity contribution < 1.29 is 14.3 Å². The Morgan fingerprint density at radius 1 is 1.13 bits per heavy atom. The van der Waals surface area contributed by atoms with Gasteiger partial charge in [-0.05, 0) is 56.3 Å². The number of hydrogen-bond acceptors (Lipinski definition) is 10. The van der Waals surface area contributed by atoms with Crippen molar-refractivity contribution in [1.29, 1.82) is 0 Å². The highest BCUT2D eigenvalue weighted by Gasteiger charge is 2.19. The van der Waals surface area contributed by atoms with E-state index in [1.165, 1.54) is 0 Å². The van der Waals surface area contributed by atoms with Gasteiger partial charge in [-0.15, -0.1) is 11.3 Å². The van der Waals surface area contributed by atoms with Crippen LogP contribution in [0.25, 0.3) is 21.5 Å². The SMILES string of the molecule is NC(=O)c1cc(Nc2ncc3cc(-c4nccs4)cc(OC4CCNCC4)c3n2)cc(N2CCOCC2)c1. The van der Waals surface area contributed by atoms with Crippen LogP contribution < -0.4 is 26.0 Å². The smallest absolute Gasteiger partial charge is 0.248 e. The van der Waals surface area contributed by atoms with Crippen LogP contribution in [0.4, 0.5) is 17.3 Å². The minimum Gasteiger partial charge on any atom is -0.488 e. The zero-order valence-electron chi connectivity index (χ0n) is 20.9. The molecule has 2 aliphatic rings. The third kappa shape index (κ3) is 5.40. The van der Waals surface area contributed by atoms with Gasteiger partial charge in [-0.25, -0.2) is 15.0 Å². The second kappa shape index (κ2) is 10.9. The normalized spacial score (nSPS) is 16.5. The predicted octanol–water partition coefficient (Wildman–Crippen LogP) is 3.56. The fraction of sp³-hybridized carbons (Fsp3) is 0.333. The number of benzene rings is 2. The standard InChI is InChI=1S/C27H29N7O3S/c28-25(35)17-12-20(15-21(13-17)34-6-8-36-9-7-34)32-27-31-16-19-11-18(26-30-5-10-38-26)14-23(24(19)33-27)37-22-1-3-29-4-2-22/h5,10-16,22,29H,1-4,6-9H2,(H2,28,35)(H,31,32,33). The molecule has 10 nitrogen and oxygen atoms in total. The molecule has 2 saturated heterocycles. The van der Waals surface area contributed by atoms with E-state index in [0.717, 1.165) is 66.2 Å². The number of morpholine rings is 1. The number of aromatic nitrogens is 3. The van der Waals surface area contributed by atoms with E-state index in [1.807, 2.05) is 29.6 Å². The first-order chi connectivity index (χ1) is 18.6. The highest BCUT2D eigenvalue weighted by Crippen LogP contribution is 2.34. The number of piperidine rings is 1. The van der Waals surface area contributed by atoms with Gasteiger partial charge in [0.15, 0.2) is 0 Å². The molecule has 196 valence electrons.